The highest BCUT2D eigenvalue weighted by atomic mass is 35.5. The lowest BCUT2D eigenvalue weighted by Gasteiger charge is -2.27. The number of amides is 2. The number of nitrogens with zero attached hydrogens (tertiary/aromatic N) is 5. The van der Waals surface area contributed by atoms with Crippen molar-refractivity contribution >= 4 is 51.2 Å². The van der Waals surface area contributed by atoms with Crippen LogP contribution in [0.1, 0.15) is 30.0 Å². The van der Waals surface area contributed by atoms with Crippen molar-refractivity contribution < 1.29 is 41.9 Å². The summed E-state index contributed by atoms with van der Waals surface area (Å²) in [4.78, 5) is 46.2. The summed E-state index contributed by atoms with van der Waals surface area (Å²) in [5.41, 5.74) is 1.50. The standard InChI is InChI=1S/C18H17NO3.C14H13ClN6O6S/c1-2-21-17(20)16-13-18(22-19-16,14-9-5-3-6-10-14)15-11-7-4-8-12-15;1-25-10-7-9(15)17-13(18-10)19-14(22)21-28(23,24)12-8(3-2-4-16-12)11-20-27-6-5-26-11/h3-12H,2,13H2,1H3;2-4,7H,5-6H2,1H3,(H2,17,18,19,21,22). The zero-order valence-electron chi connectivity index (χ0n) is 26.6. The minimum absolute atomic E-state index is 0.00974. The van der Waals surface area contributed by atoms with E-state index in [1.807, 2.05) is 60.7 Å². The lowest BCUT2D eigenvalue weighted by molar-refractivity contribution is -0.135. The number of sulfonamides is 1. The van der Waals surface area contributed by atoms with Crippen molar-refractivity contribution in [2.75, 3.05) is 32.2 Å². The molecule has 0 atom stereocenters. The molecule has 2 aromatic carbocycles. The number of oxime groups is 2. The molecule has 2 N–H and O–H groups in total. The topological polar surface area (TPSA) is 202 Å². The van der Waals surface area contributed by atoms with Crippen molar-refractivity contribution in [1.29, 1.82) is 0 Å². The van der Waals surface area contributed by atoms with E-state index in [0.717, 1.165) is 11.1 Å². The molecule has 0 aliphatic carbocycles. The molecular weight excluding hydrogens is 694 g/mol. The van der Waals surface area contributed by atoms with E-state index in [2.05, 4.69) is 30.6 Å². The number of rotatable bonds is 9. The van der Waals surface area contributed by atoms with Crippen LogP contribution in [0.25, 0.3) is 0 Å². The van der Waals surface area contributed by atoms with Crippen LogP contribution in [0.15, 0.2) is 100 Å². The van der Waals surface area contributed by atoms with Crippen molar-refractivity contribution in [1.82, 2.24) is 19.7 Å². The summed E-state index contributed by atoms with van der Waals surface area (Å²) in [5.74, 6) is -0.663. The first-order valence-electron chi connectivity index (χ1n) is 14.9. The van der Waals surface area contributed by atoms with E-state index < -0.39 is 32.7 Å². The minimum atomic E-state index is -4.39. The number of carbonyl (C=O) groups is 2. The van der Waals surface area contributed by atoms with E-state index in [1.165, 1.54) is 31.5 Å². The zero-order valence-corrected chi connectivity index (χ0v) is 28.2. The molecule has 0 bridgehead atoms. The van der Waals surface area contributed by atoms with Gasteiger partial charge in [-0.3, -0.25) is 5.32 Å². The molecule has 2 aliphatic rings. The lowest BCUT2D eigenvalue weighted by atomic mass is 9.82. The molecule has 16 nitrogen and oxygen atoms in total. The molecule has 0 fully saturated rings. The molecule has 0 saturated carbocycles. The zero-order chi connectivity index (χ0) is 35.6. The number of anilines is 1. The summed E-state index contributed by atoms with van der Waals surface area (Å²) in [7, 11) is -3.05. The van der Waals surface area contributed by atoms with Gasteiger partial charge < -0.3 is 23.9 Å². The van der Waals surface area contributed by atoms with E-state index in [-0.39, 0.29) is 41.7 Å². The number of pyridine rings is 1. The van der Waals surface area contributed by atoms with Crippen LogP contribution in [0.2, 0.25) is 5.15 Å². The van der Waals surface area contributed by atoms with Gasteiger partial charge in [-0.25, -0.2) is 24.3 Å². The van der Waals surface area contributed by atoms with Crippen LogP contribution in [0.5, 0.6) is 5.88 Å². The van der Waals surface area contributed by atoms with E-state index in [9.17, 15) is 18.0 Å². The highest BCUT2D eigenvalue weighted by Gasteiger charge is 2.45. The fourth-order valence-electron chi connectivity index (χ4n) is 4.70. The normalized spacial score (nSPS) is 14.5. The monoisotopic (exact) mass is 723 g/mol. The third kappa shape index (κ3) is 8.42. The largest absolute Gasteiger partial charge is 0.481 e. The maximum Gasteiger partial charge on any atom is 0.356 e. The van der Waals surface area contributed by atoms with Crippen LogP contribution in [0.3, 0.4) is 0 Å². The smallest absolute Gasteiger partial charge is 0.356 e. The summed E-state index contributed by atoms with van der Waals surface area (Å²) in [6.45, 7) is 2.52. The summed E-state index contributed by atoms with van der Waals surface area (Å²) >= 11 is 5.78. The van der Waals surface area contributed by atoms with Gasteiger partial charge in [-0.05, 0) is 24.2 Å². The van der Waals surface area contributed by atoms with Crippen LogP contribution < -0.4 is 14.8 Å². The van der Waals surface area contributed by atoms with E-state index in [4.69, 9.17) is 35.5 Å². The average molecular weight is 724 g/mol. The van der Waals surface area contributed by atoms with Gasteiger partial charge in [0, 0.05) is 23.4 Å². The van der Waals surface area contributed by atoms with Crippen molar-refractivity contribution in [3.05, 3.63) is 107 Å². The number of aromatic nitrogens is 3. The number of urea groups is 1. The highest BCUT2D eigenvalue weighted by molar-refractivity contribution is 7.90. The molecule has 18 heteroatoms. The predicted octanol–water partition coefficient (Wildman–Crippen LogP) is 4.02. The minimum Gasteiger partial charge on any atom is -0.481 e. The molecule has 4 aromatic rings. The Morgan fingerprint density at radius 1 is 0.960 bits per heavy atom. The maximum absolute atomic E-state index is 12.6. The summed E-state index contributed by atoms with van der Waals surface area (Å²) in [6.07, 6.45) is 1.60. The number of esters is 1. The Morgan fingerprint density at radius 2 is 1.66 bits per heavy atom. The van der Waals surface area contributed by atoms with E-state index in [0.29, 0.717) is 18.7 Å². The Labute approximate surface area is 291 Å². The predicted molar refractivity (Wildman–Crippen MR) is 179 cm³/mol. The highest BCUT2D eigenvalue weighted by Crippen LogP contribution is 2.41. The third-order valence-electron chi connectivity index (χ3n) is 6.87. The molecule has 2 amide bonds. The molecule has 260 valence electrons. The van der Waals surface area contributed by atoms with Gasteiger partial charge in [0.2, 0.25) is 11.8 Å². The van der Waals surface area contributed by atoms with Crippen LogP contribution in [0, 0.1) is 0 Å². The lowest BCUT2D eigenvalue weighted by Crippen LogP contribution is -2.36. The summed E-state index contributed by atoms with van der Waals surface area (Å²) in [6, 6.07) is 22.7. The number of ether oxygens (including phenoxy) is 3. The average Bonchev–Trinajstić information content (AvgIpc) is 3.60. The van der Waals surface area contributed by atoms with Gasteiger partial charge in [0.15, 0.2) is 22.9 Å². The second kappa shape index (κ2) is 16.1. The van der Waals surface area contributed by atoms with Gasteiger partial charge in [0.1, 0.15) is 11.8 Å². The van der Waals surface area contributed by atoms with Crippen LogP contribution in [0.4, 0.5) is 10.7 Å². The molecule has 50 heavy (non-hydrogen) atoms. The Hall–Kier alpha value is -5.81. The molecule has 0 spiro atoms. The molecule has 0 radical (unpaired) electrons. The Balaban J connectivity index is 0.000000200. The second-order valence-electron chi connectivity index (χ2n) is 10.1. The van der Waals surface area contributed by atoms with Crippen molar-refractivity contribution in [3.63, 3.8) is 0 Å². The first-order valence-corrected chi connectivity index (χ1v) is 16.7. The van der Waals surface area contributed by atoms with E-state index >= 15 is 0 Å². The van der Waals surface area contributed by atoms with Gasteiger partial charge >= 0.3 is 12.0 Å². The SMILES string of the molecule is CCOC(=O)C1=NOC(c2ccccc2)(c2ccccc2)C1.COc1cc(Cl)nc(NC(=O)NS(=O)(=O)c2ncccc2C2=NOCCO2)n1. The number of methoxy groups -OCH3 is 1. The van der Waals surface area contributed by atoms with Gasteiger partial charge in [-0.1, -0.05) is 77.4 Å². The number of benzene rings is 2. The second-order valence-corrected chi connectivity index (χ2v) is 12.1. The number of nitrogens with one attached hydrogen (secondary N) is 2. The number of hydrogen-bond acceptors (Lipinski definition) is 14. The van der Waals surface area contributed by atoms with Crippen LogP contribution in [-0.2, 0) is 39.6 Å². The third-order valence-corrected chi connectivity index (χ3v) is 8.35. The molecular formula is C32H30ClN7O9S. The Morgan fingerprint density at radius 3 is 2.28 bits per heavy atom. The number of halogens is 1. The van der Waals surface area contributed by atoms with Gasteiger partial charge in [0.05, 0.1) is 25.7 Å². The number of hydrogen-bond donors (Lipinski definition) is 2. The number of carbonyl (C=O) groups excluding carboxylic acids is 2. The van der Waals surface area contributed by atoms with Crippen LogP contribution >= 0.6 is 11.6 Å². The molecule has 0 unspecified atom stereocenters. The van der Waals surface area contributed by atoms with Crippen molar-refractivity contribution in [2.24, 2.45) is 10.3 Å². The first-order chi connectivity index (χ1) is 24.1. The quantitative estimate of drug-likeness (QED) is 0.186. The first kappa shape index (κ1) is 35.5. The van der Waals surface area contributed by atoms with E-state index in [1.54, 1.807) is 11.6 Å². The maximum atomic E-state index is 12.6. The van der Waals surface area contributed by atoms with Crippen molar-refractivity contribution in [3.8, 4) is 5.88 Å². The van der Waals surface area contributed by atoms with Gasteiger partial charge in [-0.2, -0.15) is 13.4 Å². The molecule has 0 saturated heterocycles. The Bertz CT molecular complexity index is 1960. The van der Waals surface area contributed by atoms with Crippen LogP contribution in [-0.4, -0.2) is 73.9 Å². The molecule has 6 rings (SSSR count). The molecule has 4 heterocycles. The fourth-order valence-corrected chi connectivity index (χ4v) is 5.91. The van der Waals surface area contributed by atoms with Gasteiger partial charge in [-0.15, -0.1) is 0 Å². The summed E-state index contributed by atoms with van der Waals surface area (Å²) < 4.78 is 42.2. The Kier molecular flexibility index (Phi) is 11.4. The van der Waals surface area contributed by atoms with Crippen molar-refractivity contribution in [2.45, 2.75) is 24.0 Å². The summed E-state index contributed by atoms with van der Waals surface area (Å²) in [5, 5.41) is 9.33. The molecule has 2 aliphatic heterocycles. The molecule has 2 aromatic heterocycles. The van der Waals surface area contributed by atoms with Gasteiger partial charge in [0.25, 0.3) is 15.9 Å². The fraction of sp³-hybridized carbons (Fsp3) is 0.219.